The van der Waals surface area contributed by atoms with E-state index in [0.29, 0.717) is 30.9 Å². The number of aromatic nitrogens is 3. The lowest BCUT2D eigenvalue weighted by Gasteiger charge is -2.39. The fourth-order valence-electron chi connectivity index (χ4n) is 3.37. The van der Waals surface area contributed by atoms with Crippen molar-refractivity contribution in [2.75, 3.05) is 18.0 Å². The van der Waals surface area contributed by atoms with Crippen molar-refractivity contribution in [1.82, 2.24) is 15.0 Å². The summed E-state index contributed by atoms with van der Waals surface area (Å²) in [6.07, 6.45) is 2.77. The maximum absolute atomic E-state index is 11.0. The number of carbonyl (C=O) groups excluding carboxylic acids is 1. The van der Waals surface area contributed by atoms with Crippen LogP contribution in [-0.2, 0) is 21.7 Å². The Morgan fingerprint density at radius 2 is 2.00 bits per heavy atom. The number of hydrogen-bond acceptors (Lipinski definition) is 8. The van der Waals surface area contributed by atoms with Crippen LogP contribution in [0.1, 0.15) is 30.3 Å². The van der Waals surface area contributed by atoms with Crippen LogP contribution in [0.3, 0.4) is 0 Å². The van der Waals surface area contributed by atoms with Crippen LogP contribution in [-0.4, -0.2) is 39.1 Å². The maximum atomic E-state index is 11.0. The van der Waals surface area contributed by atoms with Crippen molar-refractivity contribution in [1.29, 1.82) is 0 Å². The van der Waals surface area contributed by atoms with Gasteiger partial charge in [-0.3, -0.25) is 4.79 Å². The molecule has 7 nitrogen and oxygen atoms in total. The summed E-state index contributed by atoms with van der Waals surface area (Å²) in [6, 6.07) is 9.80. The third kappa shape index (κ3) is 3.63. The lowest BCUT2D eigenvalue weighted by atomic mass is 9.84. The minimum absolute atomic E-state index is 0.142. The Kier molecular flexibility index (Phi) is 4.75. The number of piperidine rings is 1. The monoisotopic (exact) mass is 384 g/mol. The van der Waals surface area contributed by atoms with Gasteiger partial charge in [-0.1, -0.05) is 41.7 Å². The summed E-state index contributed by atoms with van der Waals surface area (Å²) < 4.78 is 5.03. The molecule has 0 spiro atoms. The number of rotatable bonds is 4. The van der Waals surface area contributed by atoms with Gasteiger partial charge < -0.3 is 14.7 Å². The molecule has 3 heterocycles. The van der Waals surface area contributed by atoms with E-state index < -0.39 is 5.60 Å². The minimum Gasteiger partial charge on any atom is -0.458 e. The Hall–Kier alpha value is -2.58. The molecule has 1 saturated heterocycles. The molecule has 0 radical (unpaired) electrons. The Balaban J connectivity index is 1.54. The van der Waals surface area contributed by atoms with Gasteiger partial charge in [0, 0.05) is 20.0 Å². The molecule has 3 aromatic rings. The molecule has 0 amide bonds. The third-order valence-electron chi connectivity index (χ3n) is 4.82. The fraction of sp³-hybridized carbons (Fsp3) is 0.368. The van der Waals surface area contributed by atoms with E-state index >= 15 is 0 Å². The van der Waals surface area contributed by atoms with E-state index in [-0.39, 0.29) is 12.6 Å². The van der Waals surface area contributed by atoms with E-state index in [9.17, 15) is 9.90 Å². The Bertz CT molecular complexity index is 952. The molecule has 4 rings (SSSR count). The van der Waals surface area contributed by atoms with Gasteiger partial charge in [0.1, 0.15) is 28.3 Å². The fourth-order valence-corrected chi connectivity index (χ4v) is 4.18. The Morgan fingerprint density at radius 1 is 1.26 bits per heavy atom. The van der Waals surface area contributed by atoms with Gasteiger partial charge in [0.25, 0.3) is 0 Å². The lowest BCUT2D eigenvalue weighted by Crippen LogP contribution is -2.43. The van der Waals surface area contributed by atoms with Crippen molar-refractivity contribution in [3.05, 3.63) is 47.2 Å². The number of hydrogen-bond donors (Lipinski definition) is 1. The first-order chi connectivity index (χ1) is 13.0. The molecule has 1 aromatic carbocycles. The van der Waals surface area contributed by atoms with Crippen LogP contribution in [0.15, 0.2) is 36.7 Å². The first-order valence-corrected chi connectivity index (χ1v) is 9.63. The lowest BCUT2D eigenvalue weighted by molar-refractivity contribution is -0.142. The van der Waals surface area contributed by atoms with Crippen molar-refractivity contribution in [3.63, 3.8) is 0 Å². The molecular formula is C19H20N4O3S. The second-order valence-electron chi connectivity index (χ2n) is 6.62. The molecule has 0 atom stereocenters. The highest BCUT2D eigenvalue weighted by molar-refractivity contribution is 7.18. The van der Waals surface area contributed by atoms with Crippen molar-refractivity contribution in [2.45, 2.75) is 32.0 Å². The largest absolute Gasteiger partial charge is 0.458 e. The van der Waals surface area contributed by atoms with E-state index in [1.54, 1.807) is 0 Å². The van der Waals surface area contributed by atoms with E-state index in [0.717, 1.165) is 21.7 Å². The van der Waals surface area contributed by atoms with Gasteiger partial charge in [-0.25, -0.2) is 15.0 Å². The topological polar surface area (TPSA) is 88.4 Å². The van der Waals surface area contributed by atoms with Gasteiger partial charge in [0.2, 0.25) is 0 Å². The highest BCUT2D eigenvalue weighted by Crippen LogP contribution is 2.36. The van der Waals surface area contributed by atoms with Crippen molar-refractivity contribution >= 4 is 33.5 Å². The van der Waals surface area contributed by atoms with Crippen molar-refractivity contribution in [2.24, 2.45) is 0 Å². The van der Waals surface area contributed by atoms with Crippen LogP contribution in [0.5, 0.6) is 0 Å². The highest BCUT2D eigenvalue weighted by atomic mass is 32.1. The molecule has 1 fully saturated rings. The van der Waals surface area contributed by atoms with E-state index in [4.69, 9.17) is 4.74 Å². The summed E-state index contributed by atoms with van der Waals surface area (Å²) in [5.74, 6) is 0.428. The summed E-state index contributed by atoms with van der Waals surface area (Å²) >= 11 is 1.40. The smallest absolute Gasteiger partial charge is 0.303 e. The number of thiazole rings is 1. The van der Waals surface area contributed by atoms with E-state index in [2.05, 4.69) is 19.9 Å². The van der Waals surface area contributed by atoms with Crippen LogP contribution in [0, 0.1) is 0 Å². The molecule has 1 N–H and O–H groups in total. The van der Waals surface area contributed by atoms with E-state index in [1.165, 1.54) is 24.6 Å². The SMILES string of the molecule is CC(=O)OCc1nc2c(N3CCC(O)(c4ccccc4)CC3)ncnc2s1. The average Bonchev–Trinajstić information content (AvgIpc) is 3.11. The van der Waals surface area contributed by atoms with Crippen LogP contribution in [0.25, 0.3) is 10.3 Å². The zero-order valence-electron chi connectivity index (χ0n) is 15.0. The average molecular weight is 384 g/mol. The number of ether oxygens (including phenoxy) is 1. The number of aliphatic hydroxyl groups is 1. The van der Waals surface area contributed by atoms with Gasteiger partial charge in [-0.05, 0) is 18.4 Å². The second-order valence-corrected chi connectivity index (χ2v) is 7.69. The molecule has 27 heavy (non-hydrogen) atoms. The molecule has 0 unspecified atom stereocenters. The second kappa shape index (κ2) is 7.21. The summed E-state index contributed by atoms with van der Waals surface area (Å²) in [7, 11) is 0. The number of carbonyl (C=O) groups is 1. The molecule has 1 aliphatic heterocycles. The molecular weight excluding hydrogens is 364 g/mol. The summed E-state index contributed by atoms with van der Waals surface area (Å²) in [4.78, 5) is 27.2. The maximum Gasteiger partial charge on any atom is 0.303 e. The third-order valence-corrected chi connectivity index (χ3v) is 5.76. The van der Waals surface area contributed by atoms with Gasteiger partial charge in [0.15, 0.2) is 5.82 Å². The predicted octanol–water partition coefficient (Wildman–Crippen LogP) is 2.64. The van der Waals surface area contributed by atoms with Crippen LogP contribution < -0.4 is 4.90 Å². The molecule has 1 aliphatic rings. The Labute approximate surface area is 160 Å². The van der Waals surface area contributed by atoms with Crippen LogP contribution in [0.2, 0.25) is 0 Å². The molecule has 2 aromatic heterocycles. The zero-order valence-corrected chi connectivity index (χ0v) is 15.8. The summed E-state index contributed by atoms with van der Waals surface area (Å²) in [6.45, 7) is 2.87. The zero-order chi connectivity index (χ0) is 18.9. The standard InChI is InChI=1S/C19H20N4O3S/c1-13(24)26-11-15-22-16-17(20-12-21-18(16)27-15)23-9-7-19(25,8-10-23)14-5-3-2-4-6-14/h2-6,12,25H,7-11H2,1H3. The van der Waals surface area contributed by atoms with Crippen LogP contribution in [0.4, 0.5) is 5.82 Å². The molecule has 0 aliphatic carbocycles. The van der Waals surface area contributed by atoms with E-state index in [1.807, 2.05) is 30.3 Å². The summed E-state index contributed by atoms with van der Waals surface area (Å²) in [5, 5.41) is 11.7. The first kappa shape index (κ1) is 17.8. The molecule has 0 saturated carbocycles. The number of benzene rings is 1. The van der Waals surface area contributed by atoms with Crippen molar-refractivity contribution in [3.8, 4) is 0 Å². The van der Waals surface area contributed by atoms with Gasteiger partial charge in [-0.15, -0.1) is 0 Å². The van der Waals surface area contributed by atoms with Crippen molar-refractivity contribution < 1.29 is 14.6 Å². The van der Waals surface area contributed by atoms with Gasteiger partial charge >= 0.3 is 5.97 Å². The van der Waals surface area contributed by atoms with Gasteiger partial charge in [0.05, 0.1) is 5.60 Å². The summed E-state index contributed by atoms with van der Waals surface area (Å²) in [5.41, 5.74) is 0.858. The number of esters is 1. The normalized spacial score (nSPS) is 16.4. The number of nitrogens with zero attached hydrogens (tertiary/aromatic N) is 4. The van der Waals surface area contributed by atoms with Gasteiger partial charge in [-0.2, -0.15) is 0 Å². The quantitative estimate of drug-likeness (QED) is 0.692. The highest BCUT2D eigenvalue weighted by Gasteiger charge is 2.35. The van der Waals surface area contributed by atoms with Crippen LogP contribution >= 0.6 is 11.3 Å². The number of fused-ring (bicyclic) bond motifs is 1. The first-order valence-electron chi connectivity index (χ1n) is 8.82. The minimum atomic E-state index is -0.813. The number of anilines is 1. The predicted molar refractivity (Wildman–Crippen MR) is 102 cm³/mol. The molecule has 8 heteroatoms. The molecule has 0 bridgehead atoms. The Morgan fingerprint density at radius 3 is 2.70 bits per heavy atom. The molecule has 140 valence electrons.